The van der Waals surface area contributed by atoms with Crippen LogP contribution in [-0.2, 0) is 0 Å². The summed E-state index contributed by atoms with van der Waals surface area (Å²) in [7, 11) is 0. The molecule has 1 aromatic carbocycles. The predicted molar refractivity (Wildman–Crippen MR) is 49.7 cm³/mol. The zero-order valence-corrected chi connectivity index (χ0v) is 6.92. The lowest BCUT2D eigenvalue weighted by Gasteiger charge is -1.88. The summed E-state index contributed by atoms with van der Waals surface area (Å²) in [5.41, 5.74) is 1.12. The lowest BCUT2D eigenvalue weighted by molar-refractivity contribution is 0.415. The maximum atomic E-state index is 4.59. The van der Waals surface area contributed by atoms with Gasteiger partial charge >= 0.3 is 0 Å². The fourth-order valence-electron chi connectivity index (χ4n) is 0.987. The van der Waals surface area contributed by atoms with Gasteiger partial charge in [0.25, 0.3) is 0 Å². The summed E-state index contributed by atoms with van der Waals surface area (Å²) in [6.45, 7) is 0. The van der Waals surface area contributed by atoms with Gasteiger partial charge in [-0.25, -0.2) is 0 Å². The van der Waals surface area contributed by atoms with E-state index in [2.05, 4.69) is 14.7 Å². The summed E-state index contributed by atoms with van der Waals surface area (Å²) in [5, 5.41) is 3.66. The van der Waals surface area contributed by atoms with E-state index in [4.69, 9.17) is 0 Å². The molecule has 0 fully saturated rings. The molecule has 0 radical (unpaired) electrons. The molecule has 0 aliphatic carbocycles. The van der Waals surface area contributed by atoms with E-state index < -0.39 is 0 Å². The van der Waals surface area contributed by atoms with E-state index in [1.165, 1.54) is 6.39 Å². The van der Waals surface area contributed by atoms with Crippen molar-refractivity contribution in [3.05, 3.63) is 48.1 Å². The fourth-order valence-corrected chi connectivity index (χ4v) is 0.987. The van der Waals surface area contributed by atoms with Crippen LogP contribution in [0.15, 0.2) is 41.2 Å². The number of nitrogens with zero attached hydrogens (tertiary/aromatic N) is 2. The van der Waals surface area contributed by atoms with E-state index in [-0.39, 0.29) is 0 Å². The van der Waals surface area contributed by atoms with E-state index in [9.17, 15) is 0 Å². The zero-order valence-electron chi connectivity index (χ0n) is 6.92. The molecule has 0 bridgehead atoms. The van der Waals surface area contributed by atoms with Crippen LogP contribution in [0.4, 0.5) is 0 Å². The van der Waals surface area contributed by atoms with Crippen molar-refractivity contribution in [2.24, 2.45) is 0 Å². The number of benzene rings is 1. The smallest absolute Gasteiger partial charge is 0.214 e. The van der Waals surface area contributed by atoms with Gasteiger partial charge in [0, 0.05) is 0 Å². The monoisotopic (exact) mass is 172 g/mol. The van der Waals surface area contributed by atoms with Crippen molar-refractivity contribution < 1.29 is 4.52 Å². The molecule has 2 aromatic rings. The SMILES string of the molecule is C(=C/c1ncon1)/c1ccccc1. The molecule has 3 heteroatoms. The Morgan fingerprint density at radius 2 is 1.92 bits per heavy atom. The second-order valence-corrected chi connectivity index (χ2v) is 2.53. The highest BCUT2D eigenvalue weighted by molar-refractivity contribution is 5.66. The first-order valence-corrected chi connectivity index (χ1v) is 3.95. The van der Waals surface area contributed by atoms with Crippen molar-refractivity contribution in [3.63, 3.8) is 0 Å². The summed E-state index contributed by atoms with van der Waals surface area (Å²) in [4.78, 5) is 3.87. The largest absolute Gasteiger partial charge is 0.342 e. The molecule has 0 atom stereocenters. The third-order valence-corrected chi connectivity index (χ3v) is 1.60. The van der Waals surface area contributed by atoms with Gasteiger partial charge in [0.2, 0.25) is 6.39 Å². The number of hydrogen-bond acceptors (Lipinski definition) is 3. The minimum atomic E-state index is 0.587. The highest BCUT2D eigenvalue weighted by Crippen LogP contribution is 2.03. The summed E-state index contributed by atoms with van der Waals surface area (Å²) in [6.07, 6.45) is 5.05. The number of hydrogen-bond donors (Lipinski definition) is 0. The van der Waals surface area contributed by atoms with Crippen LogP contribution >= 0.6 is 0 Å². The Morgan fingerprint density at radius 1 is 1.08 bits per heavy atom. The molecule has 0 amide bonds. The molecule has 1 heterocycles. The lowest BCUT2D eigenvalue weighted by atomic mass is 10.2. The zero-order chi connectivity index (χ0) is 8.93. The Balaban J connectivity index is 2.15. The fraction of sp³-hybridized carbons (Fsp3) is 0. The van der Waals surface area contributed by atoms with Gasteiger partial charge in [0.1, 0.15) is 0 Å². The molecule has 0 spiro atoms. The minimum Gasteiger partial charge on any atom is -0.342 e. The van der Waals surface area contributed by atoms with Crippen molar-refractivity contribution in [2.75, 3.05) is 0 Å². The molecule has 13 heavy (non-hydrogen) atoms. The van der Waals surface area contributed by atoms with Crippen LogP contribution in [0.2, 0.25) is 0 Å². The first-order chi connectivity index (χ1) is 6.45. The Morgan fingerprint density at radius 3 is 2.62 bits per heavy atom. The molecule has 3 nitrogen and oxygen atoms in total. The first kappa shape index (κ1) is 7.73. The lowest BCUT2D eigenvalue weighted by Crippen LogP contribution is -1.73. The van der Waals surface area contributed by atoms with Crippen molar-refractivity contribution in [2.45, 2.75) is 0 Å². The van der Waals surface area contributed by atoms with Crippen molar-refractivity contribution in [1.82, 2.24) is 10.1 Å². The molecule has 0 saturated heterocycles. The Bertz CT molecular complexity index is 379. The second-order valence-electron chi connectivity index (χ2n) is 2.53. The maximum Gasteiger partial charge on any atom is 0.214 e. The van der Waals surface area contributed by atoms with E-state index in [1.54, 1.807) is 6.08 Å². The van der Waals surface area contributed by atoms with Crippen LogP contribution in [0.5, 0.6) is 0 Å². The normalized spacial score (nSPS) is 10.8. The maximum absolute atomic E-state index is 4.59. The van der Waals surface area contributed by atoms with Crippen LogP contribution < -0.4 is 0 Å². The minimum absolute atomic E-state index is 0.587. The third-order valence-electron chi connectivity index (χ3n) is 1.60. The van der Waals surface area contributed by atoms with Crippen LogP contribution in [-0.4, -0.2) is 10.1 Å². The van der Waals surface area contributed by atoms with Gasteiger partial charge in [-0.3, -0.25) is 0 Å². The topological polar surface area (TPSA) is 38.9 Å². The molecule has 0 aliphatic heterocycles. The van der Waals surface area contributed by atoms with E-state index in [0.29, 0.717) is 5.82 Å². The Hall–Kier alpha value is -1.90. The van der Waals surface area contributed by atoms with Gasteiger partial charge < -0.3 is 4.52 Å². The molecule has 0 N–H and O–H groups in total. The van der Waals surface area contributed by atoms with Gasteiger partial charge in [-0.2, -0.15) is 4.98 Å². The van der Waals surface area contributed by atoms with Crippen molar-refractivity contribution >= 4 is 12.2 Å². The van der Waals surface area contributed by atoms with E-state index >= 15 is 0 Å². The molecule has 64 valence electrons. The molecule has 2 rings (SSSR count). The molecule has 0 aliphatic rings. The highest BCUT2D eigenvalue weighted by Gasteiger charge is 1.89. The average Bonchev–Trinajstić information content (AvgIpc) is 2.69. The second kappa shape index (κ2) is 3.67. The van der Waals surface area contributed by atoms with E-state index in [0.717, 1.165) is 5.56 Å². The predicted octanol–water partition coefficient (Wildman–Crippen LogP) is 2.24. The van der Waals surface area contributed by atoms with Crippen LogP contribution in [0, 0.1) is 0 Å². The van der Waals surface area contributed by atoms with Crippen molar-refractivity contribution in [3.8, 4) is 0 Å². The van der Waals surface area contributed by atoms with Gasteiger partial charge in [-0.1, -0.05) is 41.6 Å². The molecular weight excluding hydrogens is 164 g/mol. The summed E-state index contributed by atoms with van der Waals surface area (Å²) >= 11 is 0. The third kappa shape index (κ3) is 2.02. The standard InChI is InChI=1S/C10H8N2O/c1-2-4-9(5-3-1)6-7-10-11-8-13-12-10/h1-8H/b7-6-. The summed E-state index contributed by atoms with van der Waals surface area (Å²) < 4.78 is 4.59. The number of aromatic nitrogens is 2. The van der Waals surface area contributed by atoms with Crippen LogP contribution in [0.25, 0.3) is 12.2 Å². The molecule has 0 unspecified atom stereocenters. The molecular formula is C10H8N2O. The highest BCUT2D eigenvalue weighted by atomic mass is 16.5. The Kier molecular flexibility index (Phi) is 2.18. The van der Waals surface area contributed by atoms with Gasteiger partial charge in [-0.15, -0.1) is 0 Å². The van der Waals surface area contributed by atoms with Crippen LogP contribution in [0.1, 0.15) is 11.4 Å². The number of rotatable bonds is 2. The van der Waals surface area contributed by atoms with Crippen LogP contribution in [0.3, 0.4) is 0 Å². The van der Waals surface area contributed by atoms with Gasteiger partial charge in [-0.05, 0) is 11.6 Å². The van der Waals surface area contributed by atoms with E-state index in [1.807, 2.05) is 36.4 Å². The molecule has 1 aromatic heterocycles. The van der Waals surface area contributed by atoms with Gasteiger partial charge in [0.05, 0.1) is 0 Å². The van der Waals surface area contributed by atoms with Gasteiger partial charge in [0.15, 0.2) is 5.82 Å². The average molecular weight is 172 g/mol. The summed E-state index contributed by atoms with van der Waals surface area (Å²) in [5.74, 6) is 0.587. The van der Waals surface area contributed by atoms with Crippen molar-refractivity contribution in [1.29, 1.82) is 0 Å². The summed E-state index contributed by atoms with van der Waals surface area (Å²) in [6, 6.07) is 9.96. The quantitative estimate of drug-likeness (QED) is 0.697. The Labute approximate surface area is 75.7 Å². The molecule has 0 saturated carbocycles. The first-order valence-electron chi connectivity index (χ1n) is 3.95.